The quantitative estimate of drug-likeness (QED) is 0.818. The van der Waals surface area contributed by atoms with E-state index in [4.69, 9.17) is 10.5 Å². The van der Waals surface area contributed by atoms with Gasteiger partial charge < -0.3 is 15.4 Å². The van der Waals surface area contributed by atoms with Crippen LogP contribution in [0.4, 0.5) is 5.69 Å². The number of anilines is 1. The lowest BCUT2D eigenvalue weighted by molar-refractivity contribution is 0.406. The monoisotopic (exact) mass is 264 g/mol. The van der Waals surface area contributed by atoms with Crippen LogP contribution in [0.2, 0.25) is 0 Å². The molecule has 1 aromatic carbocycles. The molecule has 0 aliphatic carbocycles. The van der Waals surface area contributed by atoms with Gasteiger partial charge in [-0.25, -0.2) is 0 Å². The lowest BCUT2D eigenvalue weighted by Gasteiger charge is -2.30. The Hall–Kier alpha value is -1.22. The molecule has 0 saturated heterocycles. The van der Waals surface area contributed by atoms with Crippen LogP contribution >= 0.6 is 0 Å². The summed E-state index contributed by atoms with van der Waals surface area (Å²) in [4.78, 5) is 2.40. The highest BCUT2D eigenvalue weighted by molar-refractivity contribution is 5.60. The number of rotatable bonds is 7. The number of nitrogens with two attached hydrogens (primary N) is 1. The van der Waals surface area contributed by atoms with Crippen LogP contribution in [-0.2, 0) is 0 Å². The Bertz CT molecular complexity index is 390. The molecule has 2 unspecified atom stereocenters. The van der Waals surface area contributed by atoms with E-state index in [9.17, 15) is 0 Å². The Labute approximate surface area is 117 Å². The zero-order valence-corrected chi connectivity index (χ0v) is 12.9. The molecule has 0 spiro atoms. The van der Waals surface area contributed by atoms with E-state index in [2.05, 4.69) is 31.7 Å². The van der Waals surface area contributed by atoms with Gasteiger partial charge in [0.05, 0.1) is 7.11 Å². The summed E-state index contributed by atoms with van der Waals surface area (Å²) < 4.78 is 5.47. The molecule has 1 aromatic rings. The molecule has 0 aliphatic rings. The van der Waals surface area contributed by atoms with Crippen LogP contribution in [0.1, 0.15) is 45.7 Å². The molecule has 0 fully saturated rings. The summed E-state index contributed by atoms with van der Waals surface area (Å²) >= 11 is 0. The highest BCUT2D eigenvalue weighted by atomic mass is 16.5. The third kappa shape index (κ3) is 3.87. The SMILES string of the molecule is CCC(C)CN(CC)c1cccc(OC)c1C(C)N. The minimum absolute atomic E-state index is 0.0304. The van der Waals surface area contributed by atoms with Gasteiger partial charge in [0, 0.05) is 30.4 Å². The normalized spacial score (nSPS) is 14.0. The second kappa shape index (κ2) is 7.39. The Morgan fingerprint density at radius 3 is 2.42 bits per heavy atom. The highest BCUT2D eigenvalue weighted by Gasteiger charge is 2.18. The molecule has 2 N–H and O–H groups in total. The van der Waals surface area contributed by atoms with Gasteiger partial charge in [-0.2, -0.15) is 0 Å². The van der Waals surface area contributed by atoms with Crippen LogP contribution < -0.4 is 15.4 Å². The fraction of sp³-hybridized carbons (Fsp3) is 0.625. The first-order valence-corrected chi connectivity index (χ1v) is 7.22. The predicted octanol–water partition coefficient (Wildman–Crippen LogP) is 3.59. The van der Waals surface area contributed by atoms with E-state index in [1.807, 2.05) is 19.1 Å². The van der Waals surface area contributed by atoms with E-state index >= 15 is 0 Å². The lowest BCUT2D eigenvalue weighted by Crippen LogP contribution is -2.30. The molecule has 3 nitrogen and oxygen atoms in total. The van der Waals surface area contributed by atoms with E-state index < -0.39 is 0 Å². The number of methoxy groups -OCH3 is 1. The van der Waals surface area contributed by atoms with E-state index in [1.165, 1.54) is 12.1 Å². The molecule has 19 heavy (non-hydrogen) atoms. The molecule has 0 saturated carbocycles. The van der Waals surface area contributed by atoms with Crippen molar-refractivity contribution in [2.45, 2.75) is 40.2 Å². The minimum Gasteiger partial charge on any atom is -0.496 e. The second-order valence-corrected chi connectivity index (χ2v) is 5.23. The standard InChI is InChI=1S/C16H28N2O/c1-6-12(3)11-18(7-2)14-9-8-10-15(19-5)16(14)13(4)17/h8-10,12-13H,6-7,11,17H2,1-5H3. The minimum atomic E-state index is -0.0304. The van der Waals surface area contributed by atoms with Crippen LogP contribution in [0.3, 0.4) is 0 Å². The molecule has 1 rings (SSSR count). The molecule has 108 valence electrons. The molecule has 0 aromatic heterocycles. The summed E-state index contributed by atoms with van der Waals surface area (Å²) in [5.74, 6) is 1.56. The molecule has 0 amide bonds. The topological polar surface area (TPSA) is 38.5 Å². The lowest BCUT2D eigenvalue weighted by atomic mass is 10.0. The molecule has 3 heteroatoms. The smallest absolute Gasteiger partial charge is 0.125 e. The third-order valence-electron chi connectivity index (χ3n) is 3.67. The van der Waals surface area contributed by atoms with E-state index in [0.29, 0.717) is 5.92 Å². The molecule has 0 aliphatic heterocycles. The average molecular weight is 264 g/mol. The zero-order chi connectivity index (χ0) is 14.4. The van der Waals surface area contributed by atoms with Crippen molar-refractivity contribution >= 4 is 5.69 Å². The highest BCUT2D eigenvalue weighted by Crippen LogP contribution is 2.34. The first kappa shape index (κ1) is 15.8. The summed E-state index contributed by atoms with van der Waals surface area (Å²) in [5, 5.41) is 0. The summed E-state index contributed by atoms with van der Waals surface area (Å²) in [6.07, 6.45) is 1.19. The zero-order valence-electron chi connectivity index (χ0n) is 12.9. The molecular formula is C16H28N2O. The number of nitrogens with zero attached hydrogens (tertiary/aromatic N) is 1. The van der Waals surface area contributed by atoms with Gasteiger partial charge in [0.25, 0.3) is 0 Å². The Balaban J connectivity index is 3.15. The van der Waals surface area contributed by atoms with Crippen LogP contribution in [0.25, 0.3) is 0 Å². The molecule has 2 atom stereocenters. The molecule has 0 heterocycles. The van der Waals surface area contributed by atoms with Gasteiger partial charge in [-0.1, -0.05) is 26.3 Å². The summed E-state index contributed by atoms with van der Waals surface area (Å²) in [7, 11) is 1.70. The first-order chi connectivity index (χ1) is 9.04. The van der Waals surface area contributed by atoms with Crippen molar-refractivity contribution in [3.8, 4) is 5.75 Å². The molecule has 0 radical (unpaired) electrons. The van der Waals surface area contributed by atoms with Crippen LogP contribution in [-0.4, -0.2) is 20.2 Å². The van der Waals surface area contributed by atoms with Gasteiger partial charge in [-0.3, -0.25) is 0 Å². The Morgan fingerprint density at radius 2 is 1.95 bits per heavy atom. The van der Waals surface area contributed by atoms with Crippen molar-refractivity contribution in [2.75, 3.05) is 25.1 Å². The summed E-state index contributed by atoms with van der Waals surface area (Å²) in [6.45, 7) is 10.8. The number of ether oxygens (including phenoxy) is 1. The van der Waals surface area contributed by atoms with Crippen LogP contribution in [0, 0.1) is 5.92 Å². The maximum atomic E-state index is 6.14. The van der Waals surface area contributed by atoms with E-state index in [0.717, 1.165) is 24.4 Å². The fourth-order valence-corrected chi connectivity index (χ4v) is 2.35. The second-order valence-electron chi connectivity index (χ2n) is 5.23. The van der Waals surface area contributed by atoms with Crippen molar-refractivity contribution in [3.05, 3.63) is 23.8 Å². The maximum absolute atomic E-state index is 6.14. The maximum Gasteiger partial charge on any atom is 0.125 e. The van der Waals surface area contributed by atoms with Gasteiger partial charge in [0.15, 0.2) is 0 Å². The van der Waals surface area contributed by atoms with Crippen molar-refractivity contribution in [2.24, 2.45) is 11.7 Å². The summed E-state index contributed by atoms with van der Waals surface area (Å²) in [5.41, 5.74) is 8.45. The Morgan fingerprint density at radius 1 is 1.26 bits per heavy atom. The number of benzene rings is 1. The van der Waals surface area contributed by atoms with Gasteiger partial charge in [0.2, 0.25) is 0 Å². The summed E-state index contributed by atoms with van der Waals surface area (Å²) in [6, 6.07) is 6.14. The third-order valence-corrected chi connectivity index (χ3v) is 3.67. The number of hydrogen-bond donors (Lipinski definition) is 1. The largest absolute Gasteiger partial charge is 0.496 e. The molecule has 0 bridgehead atoms. The van der Waals surface area contributed by atoms with Crippen molar-refractivity contribution in [3.63, 3.8) is 0 Å². The number of hydrogen-bond acceptors (Lipinski definition) is 3. The van der Waals surface area contributed by atoms with Crippen molar-refractivity contribution in [1.82, 2.24) is 0 Å². The van der Waals surface area contributed by atoms with E-state index in [-0.39, 0.29) is 6.04 Å². The average Bonchev–Trinajstić information content (AvgIpc) is 2.43. The first-order valence-electron chi connectivity index (χ1n) is 7.22. The van der Waals surface area contributed by atoms with Gasteiger partial charge in [-0.05, 0) is 31.9 Å². The van der Waals surface area contributed by atoms with Gasteiger partial charge >= 0.3 is 0 Å². The van der Waals surface area contributed by atoms with Gasteiger partial charge in [0.1, 0.15) is 5.75 Å². The van der Waals surface area contributed by atoms with E-state index in [1.54, 1.807) is 7.11 Å². The van der Waals surface area contributed by atoms with Crippen LogP contribution in [0.15, 0.2) is 18.2 Å². The fourth-order valence-electron chi connectivity index (χ4n) is 2.35. The predicted molar refractivity (Wildman–Crippen MR) is 82.9 cm³/mol. The van der Waals surface area contributed by atoms with Gasteiger partial charge in [-0.15, -0.1) is 0 Å². The van der Waals surface area contributed by atoms with Crippen molar-refractivity contribution in [1.29, 1.82) is 0 Å². The molecular weight excluding hydrogens is 236 g/mol. The van der Waals surface area contributed by atoms with Crippen LogP contribution in [0.5, 0.6) is 5.75 Å². The van der Waals surface area contributed by atoms with Crippen molar-refractivity contribution < 1.29 is 4.74 Å². The Kier molecular flexibility index (Phi) is 6.16.